The molecular formula is C6H17NOSi. The molecule has 3 heteroatoms. The molecule has 0 saturated carbocycles. The maximum atomic E-state index is 5.26. The van der Waals surface area contributed by atoms with Gasteiger partial charge in [0, 0.05) is 12.8 Å². The first-order chi connectivity index (χ1) is 4.41. The second-order valence-electron chi connectivity index (χ2n) is 1.95. The first kappa shape index (κ1) is 9.14. The van der Waals surface area contributed by atoms with E-state index in [4.69, 9.17) is 4.43 Å². The van der Waals surface area contributed by atoms with Gasteiger partial charge in [0.1, 0.15) is 0 Å². The number of nitrogens with one attached hydrogen (secondary N) is 1. The Kier molecular flexibility index (Phi) is 8.26. The van der Waals surface area contributed by atoms with Gasteiger partial charge in [-0.1, -0.05) is 6.92 Å². The molecule has 0 spiro atoms. The summed E-state index contributed by atoms with van der Waals surface area (Å²) >= 11 is 0. The molecule has 0 saturated heterocycles. The van der Waals surface area contributed by atoms with E-state index in [-0.39, 0.29) is 9.76 Å². The second kappa shape index (κ2) is 8.14. The minimum absolute atomic E-state index is 0.220. The van der Waals surface area contributed by atoms with Crippen LogP contribution in [0, 0.1) is 0 Å². The monoisotopic (exact) mass is 147 g/mol. The molecule has 56 valence electrons. The second-order valence-corrected chi connectivity index (χ2v) is 3.26. The van der Waals surface area contributed by atoms with Gasteiger partial charge in [0.05, 0.1) is 0 Å². The molecule has 0 aromatic carbocycles. The molecule has 0 fully saturated rings. The van der Waals surface area contributed by atoms with E-state index in [1.54, 1.807) is 0 Å². The minimum atomic E-state index is -0.220. The highest BCUT2D eigenvalue weighted by atomic mass is 28.2. The zero-order chi connectivity index (χ0) is 6.95. The average molecular weight is 147 g/mol. The van der Waals surface area contributed by atoms with Crippen molar-refractivity contribution in [3.63, 3.8) is 0 Å². The van der Waals surface area contributed by atoms with E-state index in [1.807, 2.05) is 6.92 Å². The lowest BCUT2D eigenvalue weighted by atomic mass is 10.5. The van der Waals surface area contributed by atoms with Gasteiger partial charge >= 0.3 is 0 Å². The fraction of sp³-hybridized carbons (Fsp3) is 1.00. The predicted molar refractivity (Wildman–Crippen MR) is 43.3 cm³/mol. The zero-order valence-electron chi connectivity index (χ0n) is 6.44. The summed E-state index contributed by atoms with van der Waals surface area (Å²) in [5.41, 5.74) is 0. The van der Waals surface area contributed by atoms with Crippen LogP contribution < -0.4 is 5.32 Å². The summed E-state index contributed by atoms with van der Waals surface area (Å²) in [7, 11) is -0.220. The summed E-state index contributed by atoms with van der Waals surface area (Å²) in [6.07, 6.45) is 2.35. The molecule has 0 amide bonds. The van der Waals surface area contributed by atoms with Gasteiger partial charge in [-0.2, -0.15) is 0 Å². The Bertz CT molecular complexity index is 46.3. The third-order valence-corrected chi connectivity index (χ3v) is 2.31. The Morgan fingerprint density at radius 2 is 2.22 bits per heavy atom. The van der Waals surface area contributed by atoms with Crippen molar-refractivity contribution in [1.29, 1.82) is 0 Å². The van der Waals surface area contributed by atoms with Crippen molar-refractivity contribution >= 4 is 9.76 Å². The summed E-state index contributed by atoms with van der Waals surface area (Å²) in [6.45, 7) is 6.25. The number of hydrogen-bond acceptors (Lipinski definition) is 2. The SMILES string of the molecule is CCCNC[SiH2]OCC. The van der Waals surface area contributed by atoms with Crippen LogP contribution in [0.25, 0.3) is 0 Å². The molecule has 1 N–H and O–H groups in total. The highest BCUT2D eigenvalue weighted by Gasteiger charge is 1.84. The molecule has 0 aliphatic rings. The Hall–Kier alpha value is 0.137. The van der Waals surface area contributed by atoms with Gasteiger partial charge in [-0.15, -0.1) is 0 Å². The van der Waals surface area contributed by atoms with Gasteiger partial charge in [-0.25, -0.2) is 0 Å². The van der Waals surface area contributed by atoms with Crippen molar-refractivity contribution in [2.75, 3.05) is 19.3 Å². The van der Waals surface area contributed by atoms with Crippen LogP contribution in [0.2, 0.25) is 0 Å². The molecule has 9 heavy (non-hydrogen) atoms. The smallest absolute Gasteiger partial charge is 0.175 e. The molecule has 0 bridgehead atoms. The van der Waals surface area contributed by atoms with Crippen molar-refractivity contribution in [3.05, 3.63) is 0 Å². The first-order valence-corrected chi connectivity index (χ1v) is 5.28. The standard InChI is InChI=1S/C6H17NOSi/c1-3-5-7-6-9-8-4-2/h7H,3-6,9H2,1-2H3. The first-order valence-electron chi connectivity index (χ1n) is 3.70. The van der Waals surface area contributed by atoms with Crippen molar-refractivity contribution in [2.45, 2.75) is 20.3 Å². The third-order valence-electron chi connectivity index (χ3n) is 1.05. The molecule has 0 aromatic rings. The number of rotatable bonds is 6. The Balaban J connectivity index is 2.60. The van der Waals surface area contributed by atoms with Crippen molar-refractivity contribution < 1.29 is 4.43 Å². The molecule has 0 aliphatic carbocycles. The zero-order valence-corrected chi connectivity index (χ0v) is 7.86. The van der Waals surface area contributed by atoms with Crippen LogP contribution in [0.4, 0.5) is 0 Å². The minimum Gasteiger partial charge on any atom is -0.423 e. The largest absolute Gasteiger partial charge is 0.423 e. The van der Waals surface area contributed by atoms with Crippen molar-refractivity contribution in [1.82, 2.24) is 5.32 Å². The molecule has 0 aromatic heterocycles. The molecule has 0 heterocycles. The van der Waals surface area contributed by atoms with Gasteiger partial charge in [-0.3, -0.25) is 0 Å². The lowest BCUT2D eigenvalue weighted by Crippen LogP contribution is -2.22. The van der Waals surface area contributed by atoms with Gasteiger partial charge in [0.2, 0.25) is 0 Å². The summed E-state index contributed by atoms with van der Waals surface area (Å²) < 4.78 is 5.26. The third kappa shape index (κ3) is 8.14. The van der Waals surface area contributed by atoms with Crippen LogP contribution in [0.3, 0.4) is 0 Å². The fourth-order valence-electron chi connectivity index (χ4n) is 0.590. The molecule has 0 radical (unpaired) electrons. The highest BCUT2D eigenvalue weighted by molar-refractivity contribution is 6.27. The molecule has 0 rings (SSSR count). The Morgan fingerprint density at radius 3 is 2.78 bits per heavy atom. The topological polar surface area (TPSA) is 21.3 Å². The molecule has 0 aliphatic heterocycles. The quantitative estimate of drug-likeness (QED) is 0.424. The van der Waals surface area contributed by atoms with Gasteiger partial charge in [0.25, 0.3) is 0 Å². The maximum absolute atomic E-state index is 5.26. The van der Waals surface area contributed by atoms with Crippen molar-refractivity contribution in [3.8, 4) is 0 Å². The van der Waals surface area contributed by atoms with Gasteiger partial charge < -0.3 is 9.74 Å². The summed E-state index contributed by atoms with van der Waals surface area (Å²) in [4.78, 5) is 0. The van der Waals surface area contributed by atoms with E-state index < -0.39 is 0 Å². The highest BCUT2D eigenvalue weighted by Crippen LogP contribution is 1.69. The lowest BCUT2D eigenvalue weighted by Gasteiger charge is -2.00. The van der Waals surface area contributed by atoms with Crippen LogP contribution in [0.5, 0.6) is 0 Å². The molecule has 0 unspecified atom stereocenters. The normalized spacial score (nSPS) is 11.3. The maximum Gasteiger partial charge on any atom is 0.175 e. The molecule has 2 nitrogen and oxygen atoms in total. The Morgan fingerprint density at radius 1 is 1.44 bits per heavy atom. The summed E-state index contributed by atoms with van der Waals surface area (Å²) in [5.74, 6) is 0. The van der Waals surface area contributed by atoms with Crippen LogP contribution in [-0.2, 0) is 4.43 Å². The van der Waals surface area contributed by atoms with Crippen LogP contribution in [0.15, 0.2) is 0 Å². The molecule has 0 atom stereocenters. The van der Waals surface area contributed by atoms with E-state index in [2.05, 4.69) is 12.2 Å². The Labute approximate surface area is 59.9 Å². The van der Waals surface area contributed by atoms with Crippen LogP contribution >= 0.6 is 0 Å². The van der Waals surface area contributed by atoms with Crippen molar-refractivity contribution in [2.24, 2.45) is 0 Å². The predicted octanol–water partition coefficient (Wildman–Crippen LogP) is 0.0638. The van der Waals surface area contributed by atoms with E-state index in [1.165, 1.54) is 6.42 Å². The number of hydrogen-bond donors (Lipinski definition) is 1. The summed E-state index contributed by atoms with van der Waals surface area (Å²) in [5, 5.41) is 3.31. The lowest BCUT2D eigenvalue weighted by molar-refractivity contribution is 0.358. The van der Waals surface area contributed by atoms with Gasteiger partial charge in [0.15, 0.2) is 9.76 Å². The van der Waals surface area contributed by atoms with E-state index >= 15 is 0 Å². The fourth-order valence-corrected chi connectivity index (χ4v) is 1.42. The molecular weight excluding hydrogens is 130 g/mol. The van der Waals surface area contributed by atoms with E-state index in [9.17, 15) is 0 Å². The van der Waals surface area contributed by atoms with Crippen LogP contribution in [0.1, 0.15) is 20.3 Å². The van der Waals surface area contributed by atoms with E-state index in [0.717, 1.165) is 19.3 Å². The average Bonchev–Trinajstić information content (AvgIpc) is 1.89. The van der Waals surface area contributed by atoms with Crippen LogP contribution in [-0.4, -0.2) is 29.1 Å². The summed E-state index contributed by atoms with van der Waals surface area (Å²) in [6, 6.07) is 0. The van der Waals surface area contributed by atoms with Gasteiger partial charge in [-0.05, 0) is 19.9 Å². The van der Waals surface area contributed by atoms with E-state index in [0.29, 0.717) is 0 Å².